The van der Waals surface area contributed by atoms with Gasteiger partial charge in [0.05, 0.1) is 28.5 Å². The Bertz CT molecular complexity index is 999. The predicted molar refractivity (Wildman–Crippen MR) is 99.1 cm³/mol. The standard InChI is InChI=1S/C20H22FN5O/c21-14-4-5-16-17(11-14)24-19(23-16)13-6-9-25(10-7-13)20(27)15-12-22-26-8-2-1-3-18(15)26/h4-5,11-13H,1-3,6-10H2,(H,23,24). The van der Waals surface area contributed by atoms with E-state index in [1.165, 1.54) is 12.1 Å². The number of aromatic nitrogens is 4. The minimum absolute atomic E-state index is 0.100. The van der Waals surface area contributed by atoms with Crippen LogP contribution in [0, 0.1) is 5.82 Å². The number of imidazole rings is 1. The van der Waals surface area contributed by atoms with Gasteiger partial charge in [-0.05, 0) is 50.3 Å². The van der Waals surface area contributed by atoms with Gasteiger partial charge in [0.15, 0.2) is 0 Å². The number of aryl methyl sites for hydroxylation is 1. The number of halogens is 1. The van der Waals surface area contributed by atoms with Crippen molar-refractivity contribution in [1.29, 1.82) is 0 Å². The SMILES string of the molecule is O=C(c1cnn2c1CCCC2)N1CCC(c2nc3ccc(F)cc3[nH]2)CC1. The second kappa shape index (κ2) is 6.48. The van der Waals surface area contributed by atoms with Gasteiger partial charge in [0.25, 0.3) is 5.91 Å². The number of hydrogen-bond donors (Lipinski definition) is 1. The molecule has 0 unspecified atom stereocenters. The van der Waals surface area contributed by atoms with E-state index in [-0.39, 0.29) is 17.6 Å². The average molecular weight is 367 g/mol. The molecule has 0 aliphatic carbocycles. The summed E-state index contributed by atoms with van der Waals surface area (Å²) >= 11 is 0. The molecule has 2 aliphatic rings. The average Bonchev–Trinajstić information content (AvgIpc) is 3.31. The van der Waals surface area contributed by atoms with E-state index in [0.29, 0.717) is 13.1 Å². The molecule has 7 heteroatoms. The van der Waals surface area contributed by atoms with Crippen LogP contribution in [0.25, 0.3) is 11.0 Å². The number of nitrogens with one attached hydrogen (secondary N) is 1. The summed E-state index contributed by atoms with van der Waals surface area (Å²) in [6.45, 7) is 2.33. The first-order valence-corrected chi connectivity index (χ1v) is 9.68. The minimum atomic E-state index is -0.261. The maximum absolute atomic E-state index is 13.4. The van der Waals surface area contributed by atoms with E-state index < -0.39 is 0 Å². The number of fused-ring (bicyclic) bond motifs is 2. The molecule has 0 spiro atoms. The first kappa shape index (κ1) is 16.5. The zero-order valence-electron chi connectivity index (χ0n) is 15.1. The molecule has 3 aromatic rings. The lowest BCUT2D eigenvalue weighted by molar-refractivity contribution is 0.0709. The number of piperidine rings is 1. The van der Waals surface area contributed by atoms with Crippen LogP contribution in [-0.2, 0) is 13.0 Å². The summed E-state index contributed by atoms with van der Waals surface area (Å²) < 4.78 is 15.4. The smallest absolute Gasteiger partial charge is 0.257 e. The van der Waals surface area contributed by atoms with E-state index >= 15 is 0 Å². The van der Waals surface area contributed by atoms with Crippen LogP contribution in [0.1, 0.15) is 53.5 Å². The largest absolute Gasteiger partial charge is 0.342 e. The molecule has 1 amide bonds. The lowest BCUT2D eigenvalue weighted by Crippen LogP contribution is -2.38. The number of benzene rings is 1. The van der Waals surface area contributed by atoms with Crippen molar-refractivity contribution in [2.24, 2.45) is 0 Å². The van der Waals surface area contributed by atoms with Gasteiger partial charge >= 0.3 is 0 Å². The summed E-state index contributed by atoms with van der Waals surface area (Å²) in [7, 11) is 0. The van der Waals surface area contributed by atoms with Crippen LogP contribution in [-0.4, -0.2) is 43.6 Å². The number of aromatic amines is 1. The van der Waals surface area contributed by atoms with Gasteiger partial charge in [0.1, 0.15) is 11.6 Å². The Morgan fingerprint density at radius 3 is 2.89 bits per heavy atom. The molecule has 5 rings (SSSR count). The molecule has 2 aliphatic heterocycles. The second-order valence-electron chi connectivity index (χ2n) is 7.54. The number of hydrogen-bond acceptors (Lipinski definition) is 3. The van der Waals surface area contributed by atoms with Gasteiger partial charge < -0.3 is 9.88 Å². The van der Waals surface area contributed by atoms with Crippen molar-refractivity contribution in [2.45, 2.75) is 44.6 Å². The fraction of sp³-hybridized carbons (Fsp3) is 0.450. The number of nitrogens with zero attached hydrogens (tertiary/aromatic N) is 4. The molecule has 1 aromatic carbocycles. The lowest BCUT2D eigenvalue weighted by Gasteiger charge is -2.31. The van der Waals surface area contributed by atoms with Crippen LogP contribution < -0.4 is 0 Å². The molecule has 1 fully saturated rings. The number of carbonyl (C=O) groups excluding carboxylic acids is 1. The van der Waals surface area contributed by atoms with Crippen molar-refractivity contribution in [1.82, 2.24) is 24.6 Å². The molecule has 2 aromatic heterocycles. The molecule has 140 valence electrons. The van der Waals surface area contributed by atoms with Crippen LogP contribution in [0.2, 0.25) is 0 Å². The van der Waals surface area contributed by atoms with E-state index in [9.17, 15) is 9.18 Å². The zero-order chi connectivity index (χ0) is 18.4. The quantitative estimate of drug-likeness (QED) is 0.756. The molecule has 0 bridgehead atoms. The van der Waals surface area contributed by atoms with Gasteiger partial charge in [-0.1, -0.05) is 0 Å². The molecule has 27 heavy (non-hydrogen) atoms. The Morgan fingerprint density at radius 2 is 2.04 bits per heavy atom. The van der Waals surface area contributed by atoms with E-state index in [1.54, 1.807) is 12.3 Å². The monoisotopic (exact) mass is 367 g/mol. The Morgan fingerprint density at radius 1 is 1.19 bits per heavy atom. The van der Waals surface area contributed by atoms with Gasteiger partial charge in [-0.3, -0.25) is 9.48 Å². The topological polar surface area (TPSA) is 66.8 Å². The number of carbonyl (C=O) groups is 1. The third kappa shape index (κ3) is 2.91. The summed E-state index contributed by atoms with van der Waals surface area (Å²) in [6, 6.07) is 4.61. The Kier molecular flexibility index (Phi) is 3.95. The summed E-state index contributed by atoms with van der Waals surface area (Å²) in [5.74, 6) is 1.00. The van der Waals surface area contributed by atoms with E-state index in [1.807, 2.05) is 9.58 Å². The first-order valence-electron chi connectivity index (χ1n) is 9.68. The molecule has 1 saturated heterocycles. The van der Waals surface area contributed by atoms with Crippen LogP contribution in [0.15, 0.2) is 24.4 Å². The highest BCUT2D eigenvalue weighted by Gasteiger charge is 2.29. The molecule has 0 saturated carbocycles. The Balaban J connectivity index is 1.29. The Labute approximate surface area is 156 Å². The van der Waals surface area contributed by atoms with E-state index in [4.69, 9.17) is 0 Å². The van der Waals surface area contributed by atoms with Gasteiger partial charge in [0.2, 0.25) is 0 Å². The van der Waals surface area contributed by atoms with E-state index in [2.05, 4.69) is 15.1 Å². The predicted octanol–water partition coefficient (Wildman–Crippen LogP) is 3.25. The third-order valence-corrected chi connectivity index (χ3v) is 5.84. The first-order chi connectivity index (χ1) is 13.2. The number of likely N-dealkylation sites (tertiary alicyclic amines) is 1. The Hall–Kier alpha value is -2.70. The molecule has 0 atom stereocenters. The molecular weight excluding hydrogens is 345 g/mol. The van der Waals surface area contributed by atoms with E-state index in [0.717, 1.165) is 66.8 Å². The summed E-state index contributed by atoms with van der Waals surface area (Å²) in [6.07, 6.45) is 6.65. The molecular formula is C20H22FN5O. The summed E-state index contributed by atoms with van der Waals surface area (Å²) in [5, 5.41) is 4.39. The van der Waals surface area contributed by atoms with Gasteiger partial charge in [-0.15, -0.1) is 0 Å². The number of H-pyrrole nitrogens is 1. The van der Waals surface area contributed by atoms with Crippen LogP contribution in [0.4, 0.5) is 4.39 Å². The number of rotatable bonds is 2. The van der Waals surface area contributed by atoms with Crippen molar-refractivity contribution >= 4 is 16.9 Å². The molecule has 1 N–H and O–H groups in total. The summed E-state index contributed by atoms with van der Waals surface area (Å²) in [4.78, 5) is 22.8. The fourth-order valence-corrected chi connectivity index (χ4v) is 4.32. The lowest BCUT2D eigenvalue weighted by atomic mass is 9.95. The van der Waals surface area contributed by atoms with Gasteiger partial charge in [-0.2, -0.15) is 5.10 Å². The molecule has 0 radical (unpaired) electrons. The maximum Gasteiger partial charge on any atom is 0.257 e. The number of amides is 1. The van der Waals surface area contributed by atoms with Gasteiger partial charge in [0, 0.05) is 25.6 Å². The van der Waals surface area contributed by atoms with Crippen molar-refractivity contribution in [3.8, 4) is 0 Å². The molecule has 4 heterocycles. The summed E-state index contributed by atoms with van der Waals surface area (Å²) in [5.41, 5.74) is 3.38. The highest BCUT2D eigenvalue weighted by atomic mass is 19.1. The van der Waals surface area contributed by atoms with Crippen molar-refractivity contribution in [2.75, 3.05) is 13.1 Å². The molecule has 6 nitrogen and oxygen atoms in total. The van der Waals surface area contributed by atoms with Crippen LogP contribution in [0.3, 0.4) is 0 Å². The van der Waals surface area contributed by atoms with Crippen LogP contribution in [0.5, 0.6) is 0 Å². The van der Waals surface area contributed by atoms with Gasteiger partial charge in [-0.25, -0.2) is 9.37 Å². The van der Waals surface area contributed by atoms with Crippen molar-refractivity contribution in [3.63, 3.8) is 0 Å². The minimum Gasteiger partial charge on any atom is -0.342 e. The zero-order valence-corrected chi connectivity index (χ0v) is 15.1. The normalized spacial score (nSPS) is 18.0. The third-order valence-electron chi connectivity index (χ3n) is 5.84. The van der Waals surface area contributed by atoms with Crippen molar-refractivity contribution in [3.05, 3.63) is 47.3 Å². The fourth-order valence-electron chi connectivity index (χ4n) is 4.32. The second-order valence-corrected chi connectivity index (χ2v) is 7.54. The van der Waals surface area contributed by atoms with Crippen molar-refractivity contribution < 1.29 is 9.18 Å². The highest BCUT2D eigenvalue weighted by Crippen LogP contribution is 2.29. The highest BCUT2D eigenvalue weighted by molar-refractivity contribution is 5.95. The maximum atomic E-state index is 13.4. The van der Waals surface area contributed by atoms with Crippen LogP contribution >= 0.6 is 0 Å².